The minimum Gasteiger partial charge on any atom is -0.507 e. The Morgan fingerprint density at radius 1 is 0.912 bits per heavy atom. The number of rotatable bonds is 8. The molecule has 0 radical (unpaired) electrons. The highest BCUT2D eigenvalue weighted by molar-refractivity contribution is 6.46. The lowest BCUT2D eigenvalue weighted by molar-refractivity contribution is -0.139. The zero-order chi connectivity index (χ0) is 24.1. The van der Waals surface area contributed by atoms with E-state index in [0.29, 0.717) is 36.6 Å². The van der Waals surface area contributed by atoms with Gasteiger partial charge in [0.15, 0.2) is 0 Å². The van der Waals surface area contributed by atoms with Crippen molar-refractivity contribution in [3.63, 3.8) is 0 Å². The maximum absolute atomic E-state index is 13.2. The van der Waals surface area contributed by atoms with Crippen molar-refractivity contribution >= 4 is 17.4 Å². The van der Waals surface area contributed by atoms with Crippen LogP contribution in [0.25, 0.3) is 5.76 Å². The number of carbonyl (C=O) groups excluding carboxylic acids is 2. The summed E-state index contributed by atoms with van der Waals surface area (Å²) in [7, 11) is 1.58. The fourth-order valence-electron chi connectivity index (χ4n) is 4.17. The molecule has 1 N–H and O–H groups in total. The zero-order valence-electron chi connectivity index (χ0n) is 19.2. The van der Waals surface area contributed by atoms with Gasteiger partial charge in [0, 0.05) is 12.1 Å². The van der Waals surface area contributed by atoms with Gasteiger partial charge in [-0.05, 0) is 60.9 Å². The molecule has 1 aliphatic heterocycles. The Bertz CT molecular complexity index is 1180. The first-order chi connectivity index (χ1) is 16.5. The second-order valence-corrected chi connectivity index (χ2v) is 7.96. The molecule has 1 unspecified atom stereocenters. The van der Waals surface area contributed by atoms with E-state index in [-0.39, 0.29) is 11.3 Å². The third kappa shape index (κ3) is 4.66. The quantitative estimate of drug-likeness (QED) is 0.300. The Morgan fingerprint density at radius 3 is 2.18 bits per heavy atom. The van der Waals surface area contributed by atoms with Crippen molar-refractivity contribution in [3.8, 4) is 11.5 Å². The largest absolute Gasteiger partial charge is 0.507 e. The monoisotopic (exact) mass is 457 g/mol. The molecular formula is C28H27NO5. The minimum atomic E-state index is -0.707. The van der Waals surface area contributed by atoms with E-state index in [0.717, 1.165) is 11.1 Å². The van der Waals surface area contributed by atoms with Crippen LogP contribution in [-0.4, -0.2) is 42.0 Å². The Balaban J connectivity index is 1.75. The van der Waals surface area contributed by atoms with Crippen LogP contribution < -0.4 is 9.47 Å². The van der Waals surface area contributed by atoms with Crippen LogP contribution in [-0.2, 0) is 16.0 Å². The fourth-order valence-corrected chi connectivity index (χ4v) is 4.17. The van der Waals surface area contributed by atoms with Crippen LogP contribution >= 0.6 is 0 Å². The lowest BCUT2D eigenvalue weighted by Gasteiger charge is -2.25. The third-order valence-electron chi connectivity index (χ3n) is 5.89. The van der Waals surface area contributed by atoms with Gasteiger partial charge in [0.05, 0.1) is 25.3 Å². The molecule has 0 aliphatic carbocycles. The van der Waals surface area contributed by atoms with Crippen molar-refractivity contribution in [2.45, 2.75) is 19.4 Å². The number of hydrogen-bond donors (Lipinski definition) is 1. The molecule has 6 heteroatoms. The minimum absolute atomic E-state index is 0.0763. The average Bonchev–Trinajstić information content (AvgIpc) is 3.13. The molecule has 0 saturated carbocycles. The predicted molar refractivity (Wildman–Crippen MR) is 130 cm³/mol. The Kier molecular flexibility index (Phi) is 6.97. The van der Waals surface area contributed by atoms with Crippen LogP contribution in [0.2, 0.25) is 0 Å². The highest BCUT2D eigenvalue weighted by atomic mass is 16.5. The summed E-state index contributed by atoms with van der Waals surface area (Å²) in [5.74, 6) is -0.195. The summed E-state index contributed by atoms with van der Waals surface area (Å²) < 4.78 is 10.7. The lowest BCUT2D eigenvalue weighted by atomic mass is 9.95. The number of Topliss-reactive ketones (excluding diaryl/α,β-unsaturated/α-hetero) is 1. The van der Waals surface area contributed by atoms with E-state index < -0.39 is 17.7 Å². The number of benzene rings is 3. The highest BCUT2D eigenvalue weighted by Gasteiger charge is 2.45. The maximum atomic E-state index is 13.2. The van der Waals surface area contributed by atoms with Gasteiger partial charge in [-0.3, -0.25) is 9.59 Å². The fraction of sp³-hybridized carbons (Fsp3) is 0.214. The average molecular weight is 458 g/mol. The standard InChI is InChI=1S/C28H27NO5/c1-3-34-23-15-11-21(12-16-23)26(30)24-25(20-9-13-22(33-2)14-10-20)29(28(32)27(24)31)18-17-19-7-5-4-6-8-19/h4-16,25,30H,3,17-18H2,1-2H3. The molecule has 1 heterocycles. The molecule has 6 nitrogen and oxygen atoms in total. The molecule has 1 aliphatic rings. The van der Waals surface area contributed by atoms with Gasteiger partial charge in [-0.2, -0.15) is 0 Å². The number of aliphatic hydroxyl groups excluding tert-OH is 1. The SMILES string of the molecule is CCOc1ccc(C(O)=C2C(=O)C(=O)N(CCc3ccccc3)C2c2ccc(OC)cc2)cc1. The Labute approximate surface area is 199 Å². The number of ketones is 1. The number of methoxy groups -OCH3 is 1. The van der Waals surface area contributed by atoms with E-state index in [1.54, 1.807) is 43.5 Å². The molecule has 1 amide bonds. The first kappa shape index (κ1) is 23.1. The highest BCUT2D eigenvalue weighted by Crippen LogP contribution is 2.40. The van der Waals surface area contributed by atoms with E-state index in [9.17, 15) is 14.7 Å². The van der Waals surface area contributed by atoms with Gasteiger partial charge in [0.1, 0.15) is 17.3 Å². The summed E-state index contributed by atoms with van der Waals surface area (Å²) in [6.45, 7) is 2.75. The van der Waals surface area contributed by atoms with Gasteiger partial charge in [-0.25, -0.2) is 0 Å². The third-order valence-corrected chi connectivity index (χ3v) is 5.89. The van der Waals surface area contributed by atoms with Crippen molar-refractivity contribution < 1.29 is 24.2 Å². The van der Waals surface area contributed by atoms with Crippen molar-refractivity contribution in [2.75, 3.05) is 20.3 Å². The van der Waals surface area contributed by atoms with Crippen LogP contribution in [0.15, 0.2) is 84.4 Å². The van der Waals surface area contributed by atoms with Crippen molar-refractivity contribution in [2.24, 2.45) is 0 Å². The predicted octanol–water partition coefficient (Wildman–Crippen LogP) is 4.76. The molecule has 3 aromatic carbocycles. The maximum Gasteiger partial charge on any atom is 0.295 e. The molecule has 3 aromatic rings. The van der Waals surface area contributed by atoms with Gasteiger partial charge in [-0.15, -0.1) is 0 Å². The van der Waals surface area contributed by atoms with Crippen LogP contribution in [0.5, 0.6) is 11.5 Å². The molecule has 1 atom stereocenters. The molecule has 1 fully saturated rings. The first-order valence-corrected chi connectivity index (χ1v) is 11.2. The van der Waals surface area contributed by atoms with Crippen molar-refractivity contribution in [1.29, 1.82) is 0 Å². The van der Waals surface area contributed by atoms with Gasteiger partial charge in [0.2, 0.25) is 0 Å². The number of nitrogens with zero attached hydrogens (tertiary/aromatic N) is 1. The van der Waals surface area contributed by atoms with E-state index in [1.807, 2.05) is 49.4 Å². The molecule has 1 saturated heterocycles. The zero-order valence-corrected chi connectivity index (χ0v) is 19.2. The second kappa shape index (κ2) is 10.3. The number of likely N-dealkylation sites (tertiary alicyclic amines) is 1. The first-order valence-electron chi connectivity index (χ1n) is 11.2. The second-order valence-electron chi connectivity index (χ2n) is 7.96. The summed E-state index contributed by atoms with van der Waals surface area (Å²) in [6.07, 6.45) is 0.587. The number of aliphatic hydroxyl groups is 1. The number of hydrogen-bond acceptors (Lipinski definition) is 5. The van der Waals surface area contributed by atoms with Gasteiger partial charge < -0.3 is 19.5 Å². The Hall–Kier alpha value is -4.06. The summed E-state index contributed by atoms with van der Waals surface area (Å²) in [6, 6.07) is 23.1. The number of amides is 1. The van der Waals surface area contributed by atoms with E-state index in [4.69, 9.17) is 9.47 Å². The molecule has 0 bridgehead atoms. The summed E-state index contributed by atoms with van der Waals surface area (Å²) in [5.41, 5.74) is 2.31. The van der Waals surface area contributed by atoms with E-state index >= 15 is 0 Å². The van der Waals surface area contributed by atoms with Gasteiger partial charge in [0.25, 0.3) is 11.7 Å². The molecule has 174 valence electrons. The van der Waals surface area contributed by atoms with Crippen LogP contribution in [0.3, 0.4) is 0 Å². The normalized spacial score (nSPS) is 17.1. The van der Waals surface area contributed by atoms with Gasteiger partial charge >= 0.3 is 0 Å². The summed E-state index contributed by atoms with van der Waals surface area (Å²) >= 11 is 0. The molecule has 34 heavy (non-hydrogen) atoms. The number of ether oxygens (including phenoxy) is 2. The molecular weight excluding hydrogens is 430 g/mol. The smallest absolute Gasteiger partial charge is 0.295 e. The molecule has 4 rings (SSSR count). The van der Waals surface area contributed by atoms with E-state index in [1.165, 1.54) is 4.90 Å². The topological polar surface area (TPSA) is 76.1 Å². The van der Waals surface area contributed by atoms with Crippen LogP contribution in [0.4, 0.5) is 0 Å². The van der Waals surface area contributed by atoms with E-state index in [2.05, 4.69) is 0 Å². The van der Waals surface area contributed by atoms with Crippen molar-refractivity contribution in [1.82, 2.24) is 4.90 Å². The number of carbonyl (C=O) groups is 2. The van der Waals surface area contributed by atoms with Crippen LogP contribution in [0.1, 0.15) is 29.7 Å². The van der Waals surface area contributed by atoms with Gasteiger partial charge in [-0.1, -0.05) is 42.5 Å². The van der Waals surface area contributed by atoms with Crippen LogP contribution in [0, 0.1) is 0 Å². The summed E-state index contributed by atoms with van der Waals surface area (Å²) in [4.78, 5) is 27.8. The summed E-state index contributed by atoms with van der Waals surface area (Å²) in [5, 5.41) is 11.2. The van der Waals surface area contributed by atoms with Crippen molar-refractivity contribution in [3.05, 3.63) is 101 Å². The lowest BCUT2D eigenvalue weighted by Crippen LogP contribution is -2.31. The molecule has 0 aromatic heterocycles. The Morgan fingerprint density at radius 2 is 1.56 bits per heavy atom. The molecule has 0 spiro atoms.